The molecule has 0 aliphatic carbocycles. The lowest BCUT2D eigenvalue weighted by atomic mass is 10.1. The van der Waals surface area contributed by atoms with E-state index in [-0.39, 0.29) is 24.0 Å². The predicted molar refractivity (Wildman–Crippen MR) is 56.0 cm³/mol. The van der Waals surface area contributed by atoms with Gasteiger partial charge in [0.05, 0.1) is 11.6 Å². The smallest absolute Gasteiger partial charge is 0.323 e. The topological polar surface area (TPSA) is 72.5 Å². The van der Waals surface area contributed by atoms with Crippen LogP contribution in [-0.2, 0) is 19.4 Å². The second-order valence-electron chi connectivity index (χ2n) is 4.67. The normalized spacial score (nSPS) is 25.9. The van der Waals surface area contributed by atoms with Gasteiger partial charge in [-0.2, -0.15) is 0 Å². The number of nitrogens with one attached hydrogen (secondary N) is 1. The number of ether oxygens (including phenoxy) is 1. The van der Waals surface area contributed by atoms with E-state index in [4.69, 9.17) is 4.74 Å². The van der Waals surface area contributed by atoms with Crippen LogP contribution in [0.2, 0.25) is 0 Å². The lowest BCUT2D eigenvalue weighted by Crippen LogP contribution is -2.48. The predicted octanol–water partition coefficient (Wildman–Crippen LogP) is 0.0623. The maximum absolute atomic E-state index is 11.5. The summed E-state index contributed by atoms with van der Waals surface area (Å²) in [5.74, 6) is -0.474. The fraction of sp³-hybridized carbons (Fsp3) is 0.889. The highest BCUT2D eigenvalue weighted by Crippen LogP contribution is 2.12. The summed E-state index contributed by atoms with van der Waals surface area (Å²) in [6, 6.07) is -0.493. The van der Waals surface area contributed by atoms with E-state index in [2.05, 4.69) is 5.32 Å². The molecule has 1 atom stereocenters. The number of carbonyl (C=O) groups is 1. The van der Waals surface area contributed by atoms with Gasteiger partial charge in [0.25, 0.3) is 0 Å². The highest BCUT2D eigenvalue weighted by atomic mass is 32.2. The van der Waals surface area contributed by atoms with Crippen molar-refractivity contribution in [3.63, 3.8) is 0 Å². The van der Waals surface area contributed by atoms with Crippen LogP contribution in [0.5, 0.6) is 0 Å². The third-order valence-electron chi connectivity index (χ3n) is 1.96. The molecule has 0 amide bonds. The van der Waals surface area contributed by atoms with Crippen molar-refractivity contribution in [2.75, 3.05) is 11.6 Å². The van der Waals surface area contributed by atoms with Gasteiger partial charge < -0.3 is 4.74 Å². The highest BCUT2D eigenvalue weighted by Gasteiger charge is 2.30. The van der Waals surface area contributed by atoms with Crippen LogP contribution in [0.3, 0.4) is 0 Å². The molecule has 0 bridgehead atoms. The minimum atomic E-state index is -3.01. The first kappa shape index (κ1) is 12.4. The molecule has 0 spiro atoms. The molecule has 1 aliphatic heterocycles. The summed E-state index contributed by atoms with van der Waals surface area (Å²) in [7, 11) is -3.01. The first-order valence-corrected chi connectivity index (χ1v) is 6.68. The Hall–Kier alpha value is -0.620. The first-order valence-electron chi connectivity index (χ1n) is 4.86. The largest absolute Gasteiger partial charge is 0.459 e. The Morgan fingerprint density at radius 2 is 2.00 bits per heavy atom. The van der Waals surface area contributed by atoms with E-state index in [0.29, 0.717) is 0 Å². The monoisotopic (exact) mass is 235 g/mol. The molecule has 0 radical (unpaired) electrons. The highest BCUT2D eigenvalue weighted by molar-refractivity contribution is 7.91. The Morgan fingerprint density at radius 1 is 1.40 bits per heavy atom. The van der Waals surface area contributed by atoms with Crippen molar-refractivity contribution >= 4 is 15.8 Å². The van der Waals surface area contributed by atoms with Crippen LogP contribution in [-0.4, -0.2) is 37.7 Å². The number of hydrogen-bond acceptors (Lipinski definition) is 5. The van der Waals surface area contributed by atoms with E-state index in [1.54, 1.807) is 20.8 Å². The van der Waals surface area contributed by atoms with E-state index in [1.807, 2.05) is 0 Å². The molecular formula is C9H17NO4S. The molecule has 1 fully saturated rings. The fourth-order valence-electron chi connectivity index (χ4n) is 1.27. The van der Waals surface area contributed by atoms with Gasteiger partial charge in [-0.05, 0) is 27.2 Å². The van der Waals surface area contributed by atoms with Gasteiger partial charge in [-0.1, -0.05) is 0 Å². The van der Waals surface area contributed by atoms with Gasteiger partial charge in [-0.3, -0.25) is 10.1 Å². The lowest BCUT2D eigenvalue weighted by molar-refractivity contribution is -0.157. The molecule has 1 saturated heterocycles. The van der Waals surface area contributed by atoms with Crippen LogP contribution < -0.4 is 5.32 Å². The summed E-state index contributed by atoms with van der Waals surface area (Å²) in [6.07, 6.45) is 0.289. The van der Waals surface area contributed by atoms with Crippen molar-refractivity contribution in [2.24, 2.45) is 0 Å². The maximum atomic E-state index is 11.5. The average molecular weight is 235 g/mol. The van der Waals surface area contributed by atoms with Gasteiger partial charge in [-0.25, -0.2) is 8.42 Å². The van der Waals surface area contributed by atoms with Gasteiger partial charge in [0, 0.05) is 0 Å². The summed E-state index contributed by atoms with van der Waals surface area (Å²) >= 11 is 0. The number of sulfone groups is 1. The zero-order chi connectivity index (χ0) is 11.7. The van der Waals surface area contributed by atoms with E-state index in [0.717, 1.165) is 0 Å². The molecule has 1 unspecified atom stereocenters. The summed E-state index contributed by atoms with van der Waals surface area (Å²) in [4.78, 5) is 11.5. The SMILES string of the molecule is CC(C)(C)OC(=O)C1CCS(=O)(=O)CN1. The number of rotatable bonds is 1. The van der Waals surface area contributed by atoms with Crippen molar-refractivity contribution in [3.8, 4) is 0 Å². The van der Waals surface area contributed by atoms with Gasteiger partial charge in [0.2, 0.25) is 0 Å². The molecule has 0 saturated carbocycles. The molecular weight excluding hydrogens is 218 g/mol. The van der Waals surface area contributed by atoms with Gasteiger partial charge >= 0.3 is 5.97 Å². The van der Waals surface area contributed by atoms with Crippen molar-refractivity contribution in [2.45, 2.75) is 38.8 Å². The zero-order valence-electron chi connectivity index (χ0n) is 9.24. The third-order valence-corrected chi connectivity index (χ3v) is 3.42. The Morgan fingerprint density at radius 3 is 2.40 bits per heavy atom. The quantitative estimate of drug-likeness (QED) is 0.651. The molecule has 0 aromatic carbocycles. The third kappa shape index (κ3) is 4.17. The van der Waals surface area contributed by atoms with Crippen LogP contribution in [0.25, 0.3) is 0 Å². The summed E-state index contributed by atoms with van der Waals surface area (Å²) in [5, 5.41) is 2.67. The fourth-order valence-corrected chi connectivity index (χ4v) is 2.47. The van der Waals surface area contributed by atoms with E-state index in [9.17, 15) is 13.2 Å². The Kier molecular flexibility index (Phi) is 3.40. The Labute approximate surface area is 90.1 Å². The van der Waals surface area contributed by atoms with Crippen LogP contribution in [0.15, 0.2) is 0 Å². The van der Waals surface area contributed by atoms with E-state index in [1.165, 1.54) is 0 Å². The second kappa shape index (κ2) is 4.09. The molecule has 5 nitrogen and oxygen atoms in total. The molecule has 0 aromatic rings. The van der Waals surface area contributed by atoms with Crippen LogP contribution in [0, 0.1) is 0 Å². The second-order valence-corrected chi connectivity index (χ2v) is 6.85. The van der Waals surface area contributed by atoms with Crippen LogP contribution >= 0.6 is 0 Å². The summed E-state index contributed by atoms with van der Waals surface area (Å²) in [5.41, 5.74) is -0.533. The van der Waals surface area contributed by atoms with Crippen molar-refractivity contribution < 1.29 is 17.9 Å². The standard InChI is InChI=1S/C9H17NO4S/c1-9(2,3)14-8(11)7-4-5-15(12,13)6-10-7/h7,10H,4-6H2,1-3H3. The zero-order valence-corrected chi connectivity index (χ0v) is 10.1. The van der Waals surface area contributed by atoms with Gasteiger partial charge in [-0.15, -0.1) is 0 Å². The summed E-state index contributed by atoms with van der Waals surface area (Å²) in [6.45, 7) is 5.35. The van der Waals surface area contributed by atoms with Crippen molar-refractivity contribution in [1.29, 1.82) is 0 Å². The van der Waals surface area contributed by atoms with E-state index < -0.39 is 21.5 Å². The van der Waals surface area contributed by atoms with Gasteiger partial charge in [0.1, 0.15) is 11.6 Å². The number of hydrogen-bond donors (Lipinski definition) is 1. The average Bonchev–Trinajstić information content (AvgIpc) is 2.00. The number of esters is 1. The molecule has 15 heavy (non-hydrogen) atoms. The first-order chi connectivity index (χ1) is 6.70. The molecule has 1 heterocycles. The molecule has 88 valence electrons. The van der Waals surface area contributed by atoms with Gasteiger partial charge in [0.15, 0.2) is 9.84 Å². The van der Waals surface area contributed by atoms with Crippen molar-refractivity contribution in [3.05, 3.63) is 0 Å². The Balaban J connectivity index is 2.51. The maximum Gasteiger partial charge on any atom is 0.323 e. The molecule has 1 N–H and O–H groups in total. The molecule has 6 heteroatoms. The molecule has 1 rings (SSSR count). The minimum absolute atomic E-state index is 0.0455. The van der Waals surface area contributed by atoms with Crippen molar-refractivity contribution in [1.82, 2.24) is 5.32 Å². The lowest BCUT2D eigenvalue weighted by Gasteiger charge is -2.26. The Bertz CT molecular complexity index is 328. The minimum Gasteiger partial charge on any atom is -0.459 e. The van der Waals surface area contributed by atoms with E-state index >= 15 is 0 Å². The summed E-state index contributed by atoms with van der Waals surface area (Å²) < 4.78 is 27.3. The van der Waals surface area contributed by atoms with Crippen LogP contribution in [0.4, 0.5) is 0 Å². The molecule has 1 aliphatic rings. The number of carbonyl (C=O) groups excluding carboxylic acids is 1. The molecule has 0 aromatic heterocycles. The van der Waals surface area contributed by atoms with Crippen LogP contribution in [0.1, 0.15) is 27.2 Å².